The van der Waals surface area contributed by atoms with Gasteiger partial charge >= 0.3 is 12.1 Å². The van der Waals surface area contributed by atoms with Crippen LogP contribution in [-0.4, -0.2) is 49.8 Å². The number of halogens is 3. The molecule has 0 bridgehead atoms. The fourth-order valence-corrected chi connectivity index (χ4v) is 3.16. The number of carbonyl (C=O) groups is 2. The van der Waals surface area contributed by atoms with Gasteiger partial charge in [-0.3, -0.25) is 4.79 Å². The van der Waals surface area contributed by atoms with Gasteiger partial charge in [-0.15, -0.1) is 10.2 Å². The van der Waals surface area contributed by atoms with E-state index in [0.29, 0.717) is 22.4 Å². The number of amides is 1. The molecule has 2 aromatic rings. The predicted octanol–water partition coefficient (Wildman–Crippen LogP) is 2.03. The van der Waals surface area contributed by atoms with Gasteiger partial charge < -0.3 is 19.3 Å². The molecule has 2 heterocycles. The van der Waals surface area contributed by atoms with Gasteiger partial charge in [0.1, 0.15) is 5.75 Å². The molecule has 28 heavy (non-hydrogen) atoms. The number of rotatable bonds is 4. The van der Waals surface area contributed by atoms with Crippen molar-refractivity contribution in [1.82, 2.24) is 19.7 Å². The lowest BCUT2D eigenvalue weighted by atomic mass is 10.0. The number of nitrogens with zero attached hydrogens (tertiary/aromatic N) is 4. The number of carboxylic acid groups (broad SMARTS) is 1. The third-order valence-corrected chi connectivity index (χ3v) is 4.34. The van der Waals surface area contributed by atoms with E-state index in [1.807, 2.05) is 0 Å². The lowest BCUT2D eigenvalue weighted by Gasteiger charge is -2.28. The summed E-state index contributed by atoms with van der Waals surface area (Å²) in [6.45, 7) is 2.81. The average Bonchev–Trinajstić information content (AvgIpc) is 3.03. The molecule has 0 unspecified atom stereocenters. The zero-order valence-corrected chi connectivity index (χ0v) is 15.1. The minimum absolute atomic E-state index is 0.0549. The number of benzene rings is 1. The molecule has 1 N–H and O–H groups in total. The second-order valence-electron chi connectivity index (χ2n) is 6.44. The number of aromatic nitrogens is 3. The maximum atomic E-state index is 12.9. The first-order valence-corrected chi connectivity index (χ1v) is 8.32. The highest BCUT2D eigenvalue weighted by atomic mass is 19.4. The van der Waals surface area contributed by atoms with E-state index >= 15 is 0 Å². The van der Waals surface area contributed by atoms with Crippen molar-refractivity contribution in [3.8, 4) is 5.75 Å². The van der Waals surface area contributed by atoms with Crippen molar-refractivity contribution in [2.45, 2.75) is 33.1 Å². The van der Waals surface area contributed by atoms with Crippen LogP contribution in [0.1, 0.15) is 33.1 Å². The Bertz CT molecular complexity index is 916. The zero-order valence-electron chi connectivity index (χ0n) is 15.1. The van der Waals surface area contributed by atoms with Crippen LogP contribution >= 0.6 is 0 Å². The maximum absolute atomic E-state index is 12.9. The standard InChI is InChI=1S/C17H17F3N4O4/c1-9-5-11(6-10(2)14(9)28-8-13(25)26)15(27)23-3-4-24-12(7-23)21-22-16(24)17(18,19)20/h5-6H,3-4,7-8H2,1-2H3,(H,25,26). The Kier molecular flexibility index (Phi) is 5.01. The van der Waals surface area contributed by atoms with Gasteiger partial charge in [0.25, 0.3) is 5.91 Å². The number of hydrogen-bond donors (Lipinski definition) is 1. The van der Waals surface area contributed by atoms with Gasteiger partial charge in [-0.2, -0.15) is 13.2 Å². The van der Waals surface area contributed by atoms with E-state index in [2.05, 4.69) is 10.2 Å². The Balaban J connectivity index is 1.80. The van der Waals surface area contributed by atoms with Crippen LogP contribution in [0.5, 0.6) is 5.75 Å². The molecule has 0 saturated heterocycles. The summed E-state index contributed by atoms with van der Waals surface area (Å²) in [5.74, 6) is -2.09. The van der Waals surface area contributed by atoms with Crippen LogP contribution in [0.2, 0.25) is 0 Å². The largest absolute Gasteiger partial charge is 0.481 e. The van der Waals surface area contributed by atoms with E-state index in [-0.39, 0.29) is 31.4 Å². The molecule has 0 atom stereocenters. The molecule has 1 amide bonds. The molecule has 150 valence electrons. The van der Waals surface area contributed by atoms with E-state index in [0.717, 1.165) is 4.57 Å². The van der Waals surface area contributed by atoms with Gasteiger partial charge in [0, 0.05) is 18.7 Å². The summed E-state index contributed by atoms with van der Waals surface area (Å²) in [6.07, 6.45) is -4.60. The topological polar surface area (TPSA) is 97.5 Å². The van der Waals surface area contributed by atoms with Gasteiger partial charge in [0.2, 0.25) is 5.82 Å². The second-order valence-corrected chi connectivity index (χ2v) is 6.44. The number of aliphatic carboxylic acids is 1. The Morgan fingerprint density at radius 2 is 1.82 bits per heavy atom. The molecule has 11 heteroatoms. The van der Waals surface area contributed by atoms with Gasteiger partial charge in [-0.1, -0.05) is 0 Å². The third-order valence-electron chi connectivity index (χ3n) is 4.34. The molecule has 1 aromatic heterocycles. The number of fused-ring (bicyclic) bond motifs is 1. The summed E-state index contributed by atoms with van der Waals surface area (Å²) in [4.78, 5) is 24.9. The van der Waals surface area contributed by atoms with Crippen LogP contribution in [-0.2, 0) is 24.1 Å². The fraction of sp³-hybridized carbons (Fsp3) is 0.412. The van der Waals surface area contributed by atoms with Crippen molar-refractivity contribution in [3.05, 3.63) is 40.5 Å². The lowest BCUT2D eigenvalue weighted by Crippen LogP contribution is -2.39. The van der Waals surface area contributed by atoms with Crippen molar-refractivity contribution in [2.75, 3.05) is 13.2 Å². The first kappa shape index (κ1) is 19.6. The highest BCUT2D eigenvalue weighted by Gasteiger charge is 2.40. The van der Waals surface area contributed by atoms with Crippen LogP contribution in [0.4, 0.5) is 13.2 Å². The Morgan fingerprint density at radius 1 is 1.18 bits per heavy atom. The van der Waals surface area contributed by atoms with E-state index in [1.54, 1.807) is 26.0 Å². The van der Waals surface area contributed by atoms with E-state index in [4.69, 9.17) is 9.84 Å². The molecule has 0 aliphatic carbocycles. The molecule has 0 spiro atoms. The molecular weight excluding hydrogens is 381 g/mol. The summed E-state index contributed by atoms with van der Waals surface area (Å²) >= 11 is 0. The van der Waals surface area contributed by atoms with Crippen LogP contribution in [0, 0.1) is 13.8 Å². The molecule has 1 aliphatic heterocycles. The molecular formula is C17H17F3N4O4. The number of carboxylic acids is 1. The monoisotopic (exact) mass is 398 g/mol. The van der Waals surface area contributed by atoms with Crippen molar-refractivity contribution in [1.29, 1.82) is 0 Å². The molecule has 0 fully saturated rings. The Morgan fingerprint density at radius 3 is 2.39 bits per heavy atom. The van der Waals surface area contributed by atoms with Gasteiger partial charge in [-0.05, 0) is 37.1 Å². The minimum atomic E-state index is -4.60. The number of aryl methyl sites for hydroxylation is 2. The number of ether oxygens (including phenoxy) is 1. The Labute approximate surface area is 157 Å². The smallest absolute Gasteiger partial charge is 0.451 e. The highest BCUT2D eigenvalue weighted by Crippen LogP contribution is 2.30. The van der Waals surface area contributed by atoms with Crippen LogP contribution < -0.4 is 4.74 Å². The summed E-state index contributed by atoms with van der Waals surface area (Å²) < 4.78 is 45.0. The number of hydrogen-bond acceptors (Lipinski definition) is 5. The number of carbonyl (C=O) groups excluding carboxylic acids is 1. The summed E-state index contributed by atoms with van der Waals surface area (Å²) in [6, 6.07) is 3.12. The first-order chi connectivity index (χ1) is 13.1. The first-order valence-electron chi connectivity index (χ1n) is 8.32. The predicted molar refractivity (Wildman–Crippen MR) is 88.8 cm³/mol. The summed E-state index contributed by atoms with van der Waals surface area (Å²) in [7, 11) is 0. The van der Waals surface area contributed by atoms with Crippen molar-refractivity contribution in [3.63, 3.8) is 0 Å². The van der Waals surface area contributed by atoms with Gasteiger partial charge in [-0.25, -0.2) is 4.79 Å². The molecule has 8 nitrogen and oxygen atoms in total. The fourth-order valence-electron chi connectivity index (χ4n) is 3.16. The van der Waals surface area contributed by atoms with E-state index in [9.17, 15) is 22.8 Å². The molecule has 1 aromatic carbocycles. The summed E-state index contributed by atoms with van der Waals surface area (Å²) in [5.41, 5.74) is 1.51. The van der Waals surface area contributed by atoms with Crippen molar-refractivity contribution >= 4 is 11.9 Å². The third kappa shape index (κ3) is 3.78. The Hall–Kier alpha value is -3.11. The van der Waals surface area contributed by atoms with E-state index < -0.39 is 24.6 Å². The maximum Gasteiger partial charge on any atom is 0.451 e. The average molecular weight is 398 g/mol. The molecule has 0 radical (unpaired) electrons. The van der Waals surface area contributed by atoms with Crippen molar-refractivity contribution in [2.24, 2.45) is 0 Å². The van der Waals surface area contributed by atoms with Crippen molar-refractivity contribution < 1.29 is 32.6 Å². The zero-order chi connectivity index (χ0) is 20.6. The van der Waals surface area contributed by atoms with E-state index in [1.165, 1.54) is 4.90 Å². The van der Waals surface area contributed by atoms with Crippen LogP contribution in [0.25, 0.3) is 0 Å². The van der Waals surface area contributed by atoms with Gasteiger partial charge in [0.15, 0.2) is 12.4 Å². The minimum Gasteiger partial charge on any atom is -0.481 e. The molecule has 3 rings (SSSR count). The highest BCUT2D eigenvalue weighted by molar-refractivity contribution is 5.95. The van der Waals surface area contributed by atoms with Gasteiger partial charge in [0.05, 0.1) is 6.54 Å². The molecule has 0 saturated carbocycles. The normalized spacial score (nSPS) is 14.0. The second kappa shape index (κ2) is 7.13. The number of alkyl halides is 3. The SMILES string of the molecule is Cc1cc(C(=O)N2CCn3c(nnc3C(F)(F)F)C2)cc(C)c1OCC(=O)O. The lowest BCUT2D eigenvalue weighted by molar-refractivity contribution is -0.148. The van der Waals surface area contributed by atoms with Crippen LogP contribution in [0.3, 0.4) is 0 Å². The van der Waals surface area contributed by atoms with Crippen LogP contribution in [0.15, 0.2) is 12.1 Å². The quantitative estimate of drug-likeness (QED) is 0.847. The molecule has 1 aliphatic rings. The summed E-state index contributed by atoms with van der Waals surface area (Å²) in [5, 5.41) is 15.5.